The van der Waals surface area contributed by atoms with Gasteiger partial charge in [0.05, 0.1) is 5.69 Å². The minimum atomic E-state index is -0.0402. The molecule has 0 saturated heterocycles. The van der Waals surface area contributed by atoms with Gasteiger partial charge in [0.1, 0.15) is 5.69 Å². The molecule has 0 bridgehead atoms. The van der Waals surface area contributed by atoms with E-state index in [1.165, 1.54) is 0 Å². The fourth-order valence-electron chi connectivity index (χ4n) is 2.21. The fraction of sp³-hybridized carbons (Fsp3) is 0.308. The van der Waals surface area contributed by atoms with Crippen molar-refractivity contribution in [1.82, 2.24) is 20.3 Å². The van der Waals surface area contributed by atoms with Crippen LogP contribution in [0.3, 0.4) is 0 Å². The number of H-pyrrole nitrogens is 1. The van der Waals surface area contributed by atoms with Crippen LogP contribution in [0.4, 0.5) is 0 Å². The Balaban J connectivity index is 2.17. The van der Waals surface area contributed by atoms with Crippen molar-refractivity contribution in [2.45, 2.75) is 19.9 Å². The van der Waals surface area contributed by atoms with Gasteiger partial charge in [-0.3, -0.25) is 9.78 Å². The molecule has 0 aliphatic carbocycles. The van der Waals surface area contributed by atoms with Gasteiger partial charge in [0.2, 0.25) is 0 Å². The van der Waals surface area contributed by atoms with Gasteiger partial charge in [0.15, 0.2) is 5.82 Å². The average Bonchev–Trinajstić information content (AvgIpc) is 2.39. The zero-order valence-electron chi connectivity index (χ0n) is 10.2. The SMILES string of the molecule is Cc1cccnc1-c1nc2c(c(=O)[nH]1)CCNC2. The van der Waals surface area contributed by atoms with Gasteiger partial charge in [0.25, 0.3) is 5.56 Å². The molecule has 18 heavy (non-hydrogen) atoms. The van der Waals surface area contributed by atoms with Gasteiger partial charge >= 0.3 is 0 Å². The zero-order chi connectivity index (χ0) is 12.5. The molecule has 92 valence electrons. The molecule has 0 radical (unpaired) electrons. The van der Waals surface area contributed by atoms with Crippen LogP contribution < -0.4 is 10.9 Å². The van der Waals surface area contributed by atoms with E-state index >= 15 is 0 Å². The molecule has 3 rings (SSSR count). The Hall–Kier alpha value is -2.01. The van der Waals surface area contributed by atoms with E-state index in [-0.39, 0.29) is 5.56 Å². The summed E-state index contributed by atoms with van der Waals surface area (Å²) >= 11 is 0. The van der Waals surface area contributed by atoms with Crippen LogP contribution in [0.2, 0.25) is 0 Å². The lowest BCUT2D eigenvalue weighted by Crippen LogP contribution is -2.31. The molecule has 5 nitrogen and oxygen atoms in total. The van der Waals surface area contributed by atoms with Crippen molar-refractivity contribution in [3.05, 3.63) is 45.5 Å². The first-order valence-electron chi connectivity index (χ1n) is 6.00. The number of aryl methyl sites for hydroxylation is 1. The first kappa shape index (κ1) is 11.1. The van der Waals surface area contributed by atoms with E-state index in [0.717, 1.165) is 35.5 Å². The standard InChI is InChI=1S/C13H14N4O/c1-8-3-2-5-15-11(8)12-16-10-7-14-6-4-9(10)13(18)17-12/h2-3,5,14H,4,6-7H2,1H3,(H,16,17,18). The van der Waals surface area contributed by atoms with E-state index in [1.54, 1.807) is 6.20 Å². The quantitative estimate of drug-likeness (QED) is 0.775. The van der Waals surface area contributed by atoms with Gasteiger partial charge in [-0.05, 0) is 31.5 Å². The summed E-state index contributed by atoms with van der Waals surface area (Å²) < 4.78 is 0. The Labute approximate surface area is 104 Å². The predicted octanol–water partition coefficient (Wildman–Crippen LogP) is 0.786. The summed E-state index contributed by atoms with van der Waals surface area (Å²) in [6.07, 6.45) is 2.44. The summed E-state index contributed by atoms with van der Waals surface area (Å²) in [6.45, 7) is 3.44. The minimum absolute atomic E-state index is 0.0402. The molecule has 3 heterocycles. The molecule has 0 amide bonds. The van der Waals surface area contributed by atoms with Gasteiger partial charge in [0, 0.05) is 18.3 Å². The molecule has 0 atom stereocenters. The van der Waals surface area contributed by atoms with Crippen LogP contribution in [0.5, 0.6) is 0 Å². The van der Waals surface area contributed by atoms with Crippen molar-refractivity contribution in [2.75, 3.05) is 6.54 Å². The highest BCUT2D eigenvalue weighted by Gasteiger charge is 2.16. The Kier molecular flexibility index (Phi) is 2.68. The third kappa shape index (κ3) is 1.82. The summed E-state index contributed by atoms with van der Waals surface area (Å²) in [5.74, 6) is 0.556. The smallest absolute Gasteiger partial charge is 0.254 e. The summed E-state index contributed by atoms with van der Waals surface area (Å²) in [6, 6.07) is 3.83. The predicted molar refractivity (Wildman–Crippen MR) is 68.2 cm³/mol. The Morgan fingerprint density at radius 3 is 3.11 bits per heavy atom. The van der Waals surface area contributed by atoms with Crippen LogP contribution in [-0.2, 0) is 13.0 Å². The van der Waals surface area contributed by atoms with E-state index < -0.39 is 0 Å². The minimum Gasteiger partial charge on any atom is -0.311 e. The topological polar surface area (TPSA) is 70.7 Å². The number of hydrogen-bond acceptors (Lipinski definition) is 4. The van der Waals surface area contributed by atoms with E-state index in [1.807, 2.05) is 19.1 Å². The largest absolute Gasteiger partial charge is 0.311 e. The van der Waals surface area contributed by atoms with Gasteiger partial charge in [-0.1, -0.05) is 6.07 Å². The van der Waals surface area contributed by atoms with Crippen LogP contribution in [-0.4, -0.2) is 21.5 Å². The normalized spacial score (nSPS) is 14.3. The van der Waals surface area contributed by atoms with Crippen LogP contribution in [0.1, 0.15) is 16.8 Å². The molecule has 5 heteroatoms. The second-order valence-corrected chi connectivity index (χ2v) is 4.44. The summed E-state index contributed by atoms with van der Waals surface area (Å²) in [5.41, 5.74) is 3.34. The number of pyridine rings is 1. The molecule has 0 unspecified atom stereocenters. The van der Waals surface area contributed by atoms with Crippen molar-refractivity contribution in [3.63, 3.8) is 0 Å². The van der Waals surface area contributed by atoms with Gasteiger partial charge in [-0.15, -0.1) is 0 Å². The van der Waals surface area contributed by atoms with E-state index in [9.17, 15) is 4.79 Å². The zero-order valence-corrected chi connectivity index (χ0v) is 10.2. The van der Waals surface area contributed by atoms with Crippen molar-refractivity contribution in [3.8, 4) is 11.5 Å². The van der Waals surface area contributed by atoms with Crippen molar-refractivity contribution >= 4 is 0 Å². The molecule has 1 aliphatic heterocycles. The maximum atomic E-state index is 12.0. The highest BCUT2D eigenvalue weighted by Crippen LogP contribution is 2.17. The van der Waals surface area contributed by atoms with E-state index in [0.29, 0.717) is 12.4 Å². The molecule has 0 aromatic carbocycles. The van der Waals surface area contributed by atoms with E-state index in [2.05, 4.69) is 20.3 Å². The van der Waals surface area contributed by atoms with Gasteiger partial charge in [-0.2, -0.15) is 0 Å². The molecule has 1 aliphatic rings. The number of aromatic nitrogens is 3. The fourth-order valence-corrected chi connectivity index (χ4v) is 2.21. The summed E-state index contributed by atoms with van der Waals surface area (Å²) in [5, 5.41) is 3.23. The lowest BCUT2D eigenvalue weighted by Gasteiger charge is -2.16. The number of aromatic amines is 1. The Morgan fingerprint density at radius 1 is 1.39 bits per heavy atom. The molecule has 0 saturated carbocycles. The number of nitrogens with one attached hydrogen (secondary N) is 2. The van der Waals surface area contributed by atoms with Crippen molar-refractivity contribution in [2.24, 2.45) is 0 Å². The summed E-state index contributed by atoms with van der Waals surface area (Å²) in [7, 11) is 0. The monoisotopic (exact) mass is 242 g/mol. The highest BCUT2D eigenvalue weighted by atomic mass is 16.1. The second kappa shape index (κ2) is 4.34. The number of nitrogens with zero attached hydrogens (tertiary/aromatic N) is 2. The molecule has 2 aromatic heterocycles. The van der Waals surface area contributed by atoms with Crippen LogP contribution in [0.25, 0.3) is 11.5 Å². The molecule has 0 spiro atoms. The first-order valence-corrected chi connectivity index (χ1v) is 6.00. The van der Waals surface area contributed by atoms with E-state index in [4.69, 9.17) is 0 Å². The lowest BCUT2D eigenvalue weighted by atomic mass is 10.1. The van der Waals surface area contributed by atoms with Crippen molar-refractivity contribution in [1.29, 1.82) is 0 Å². The molecular weight excluding hydrogens is 228 g/mol. The Bertz CT molecular complexity index is 648. The van der Waals surface area contributed by atoms with Crippen molar-refractivity contribution < 1.29 is 0 Å². The van der Waals surface area contributed by atoms with Gasteiger partial charge in [-0.25, -0.2) is 4.98 Å². The number of fused-ring (bicyclic) bond motifs is 1. The molecular formula is C13H14N4O. The second-order valence-electron chi connectivity index (χ2n) is 4.44. The number of hydrogen-bond donors (Lipinski definition) is 2. The molecule has 0 fully saturated rings. The van der Waals surface area contributed by atoms with Gasteiger partial charge < -0.3 is 10.3 Å². The third-order valence-electron chi connectivity index (χ3n) is 3.18. The number of rotatable bonds is 1. The maximum Gasteiger partial charge on any atom is 0.254 e. The maximum absolute atomic E-state index is 12.0. The summed E-state index contributed by atoms with van der Waals surface area (Å²) in [4.78, 5) is 23.7. The highest BCUT2D eigenvalue weighted by molar-refractivity contribution is 5.54. The molecule has 2 aromatic rings. The average molecular weight is 242 g/mol. The molecule has 2 N–H and O–H groups in total. The first-order chi connectivity index (χ1) is 8.75. The Morgan fingerprint density at radius 2 is 2.28 bits per heavy atom. The lowest BCUT2D eigenvalue weighted by molar-refractivity contribution is 0.619. The van der Waals surface area contributed by atoms with Crippen LogP contribution in [0.15, 0.2) is 23.1 Å². The van der Waals surface area contributed by atoms with Crippen LogP contribution in [0, 0.1) is 6.92 Å². The third-order valence-corrected chi connectivity index (χ3v) is 3.18. The van der Waals surface area contributed by atoms with Crippen LogP contribution >= 0.6 is 0 Å².